The lowest BCUT2D eigenvalue weighted by molar-refractivity contribution is -0.152. The third kappa shape index (κ3) is 1.43. The Labute approximate surface area is 47.9 Å². The Bertz CT molecular complexity index is 66.1. The number of aliphatic hydroxyl groups is 2. The minimum Gasteiger partial charge on any atom is -0.393 e. The summed E-state index contributed by atoms with van der Waals surface area (Å²) in [6.07, 6.45) is -0.0886. The van der Waals surface area contributed by atoms with E-state index in [1.807, 2.05) is 0 Å². The van der Waals surface area contributed by atoms with Crippen LogP contribution in [0.5, 0.6) is 0 Å². The van der Waals surface area contributed by atoms with Gasteiger partial charge >= 0.3 is 0 Å². The van der Waals surface area contributed by atoms with Crippen LogP contribution in [-0.4, -0.2) is 29.2 Å². The maximum atomic E-state index is 8.84. The van der Waals surface area contributed by atoms with Crippen molar-refractivity contribution in [3.63, 3.8) is 0 Å². The lowest BCUT2D eigenvalue weighted by Gasteiger charge is -2.21. The van der Waals surface area contributed by atoms with Crippen LogP contribution >= 0.6 is 0 Å². The zero-order valence-corrected chi connectivity index (χ0v) is 4.58. The van der Waals surface area contributed by atoms with Gasteiger partial charge in [0, 0.05) is 6.42 Å². The highest BCUT2D eigenvalue weighted by atomic mass is 16.6. The number of aliphatic hydroxyl groups excluding tert-OH is 2. The minimum atomic E-state index is -0.737. The van der Waals surface area contributed by atoms with Crippen LogP contribution in [0, 0.1) is 0 Å². The number of ether oxygens (including phenoxy) is 1. The molecule has 0 radical (unpaired) electrons. The molecule has 2 atom stereocenters. The summed E-state index contributed by atoms with van der Waals surface area (Å²) in [6.45, 7) is 0.475. The standard InChI is InChI=1S/C5H10O3/c6-4-1-2-8-5(7)3-4/h4-7H,1-3H2/t4-,5-/m1/s1. The van der Waals surface area contributed by atoms with Gasteiger partial charge in [0.1, 0.15) is 0 Å². The molecule has 0 spiro atoms. The summed E-state index contributed by atoms with van der Waals surface area (Å²) in [5.74, 6) is 0. The van der Waals surface area contributed by atoms with E-state index in [1.54, 1.807) is 0 Å². The Kier molecular flexibility index (Phi) is 1.83. The van der Waals surface area contributed by atoms with Gasteiger partial charge in [0.2, 0.25) is 0 Å². The molecule has 0 aromatic carbocycles. The van der Waals surface area contributed by atoms with E-state index in [0.29, 0.717) is 19.4 Å². The first-order valence-corrected chi connectivity index (χ1v) is 2.77. The maximum Gasteiger partial charge on any atom is 0.156 e. The molecule has 8 heavy (non-hydrogen) atoms. The van der Waals surface area contributed by atoms with Gasteiger partial charge in [-0.05, 0) is 6.42 Å². The van der Waals surface area contributed by atoms with E-state index in [-0.39, 0.29) is 6.10 Å². The zero-order chi connectivity index (χ0) is 5.98. The first-order valence-electron chi connectivity index (χ1n) is 2.77. The van der Waals surface area contributed by atoms with Crippen LogP contribution in [0.4, 0.5) is 0 Å². The molecule has 1 heterocycles. The van der Waals surface area contributed by atoms with E-state index in [2.05, 4.69) is 0 Å². The van der Waals surface area contributed by atoms with Gasteiger partial charge in [0.25, 0.3) is 0 Å². The quantitative estimate of drug-likeness (QED) is 0.450. The first-order chi connectivity index (χ1) is 3.79. The van der Waals surface area contributed by atoms with Crippen LogP contribution in [0.15, 0.2) is 0 Å². The van der Waals surface area contributed by atoms with Crippen LogP contribution in [0.25, 0.3) is 0 Å². The second-order valence-corrected chi connectivity index (χ2v) is 2.00. The number of hydrogen-bond donors (Lipinski definition) is 2. The van der Waals surface area contributed by atoms with E-state index in [1.165, 1.54) is 0 Å². The maximum absolute atomic E-state index is 8.84. The van der Waals surface area contributed by atoms with Crippen molar-refractivity contribution >= 4 is 0 Å². The molecule has 0 aromatic rings. The molecule has 0 bridgehead atoms. The Morgan fingerprint density at radius 3 is 2.50 bits per heavy atom. The largest absolute Gasteiger partial charge is 0.393 e. The van der Waals surface area contributed by atoms with E-state index in [9.17, 15) is 0 Å². The molecule has 1 aliphatic heterocycles. The van der Waals surface area contributed by atoms with Crippen molar-refractivity contribution in [1.82, 2.24) is 0 Å². The molecule has 0 aliphatic carbocycles. The predicted octanol–water partition coefficient (Wildman–Crippen LogP) is -0.524. The predicted molar refractivity (Wildman–Crippen MR) is 27.2 cm³/mol. The fourth-order valence-corrected chi connectivity index (χ4v) is 0.759. The van der Waals surface area contributed by atoms with Crippen LogP contribution < -0.4 is 0 Å². The lowest BCUT2D eigenvalue weighted by atomic mass is 10.1. The van der Waals surface area contributed by atoms with Crippen molar-refractivity contribution in [2.75, 3.05) is 6.61 Å². The van der Waals surface area contributed by atoms with E-state index in [4.69, 9.17) is 14.9 Å². The van der Waals surface area contributed by atoms with E-state index < -0.39 is 6.29 Å². The Balaban J connectivity index is 2.23. The van der Waals surface area contributed by atoms with E-state index in [0.717, 1.165) is 0 Å². The SMILES string of the molecule is O[C@@H]1CCO[C@@H](O)C1. The second-order valence-electron chi connectivity index (χ2n) is 2.00. The molecular weight excluding hydrogens is 108 g/mol. The fraction of sp³-hybridized carbons (Fsp3) is 1.00. The summed E-state index contributed by atoms with van der Waals surface area (Å²) in [4.78, 5) is 0. The molecule has 48 valence electrons. The Morgan fingerprint density at radius 2 is 2.12 bits per heavy atom. The summed E-state index contributed by atoms with van der Waals surface area (Å²) >= 11 is 0. The van der Waals surface area contributed by atoms with E-state index >= 15 is 0 Å². The lowest BCUT2D eigenvalue weighted by Crippen LogP contribution is -2.28. The molecule has 0 aromatic heterocycles. The third-order valence-electron chi connectivity index (χ3n) is 1.24. The summed E-state index contributed by atoms with van der Waals surface area (Å²) in [6, 6.07) is 0. The smallest absolute Gasteiger partial charge is 0.156 e. The highest BCUT2D eigenvalue weighted by Crippen LogP contribution is 2.10. The van der Waals surface area contributed by atoms with Crippen LogP contribution in [0.1, 0.15) is 12.8 Å². The monoisotopic (exact) mass is 118 g/mol. The first kappa shape index (κ1) is 6.01. The zero-order valence-electron chi connectivity index (χ0n) is 4.58. The molecule has 3 heteroatoms. The second kappa shape index (κ2) is 2.44. The molecule has 0 amide bonds. The van der Waals surface area contributed by atoms with Gasteiger partial charge in [-0.15, -0.1) is 0 Å². The number of rotatable bonds is 0. The number of hydrogen-bond acceptors (Lipinski definition) is 3. The fourth-order valence-electron chi connectivity index (χ4n) is 0.759. The highest BCUT2D eigenvalue weighted by molar-refractivity contribution is 4.61. The molecule has 1 saturated heterocycles. The van der Waals surface area contributed by atoms with Gasteiger partial charge < -0.3 is 14.9 Å². The van der Waals surface area contributed by atoms with Crippen molar-refractivity contribution < 1.29 is 14.9 Å². The Morgan fingerprint density at radius 1 is 1.38 bits per heavy atom. The van der Waals surface area contributed by atoms with Crippen LogP contribution in [-0.2, 0) is 4.74 Å². The molecule has 0 saturated carbocycles. The van der Waals surface area contributed by atoms with Crippen molar-refractivity contribution in [3.05, 3.63) is 0 Å². The van der Waals surface area contributed by atoms with Gasteiger partial charge in [-0.2, -0.15) is 0 Å². The molecular formula is C5H10O3. The molecule has 2 N–H and O–H groups in total. The van der Waals surface area contributed by atoms with Crippen molar-refractivity contribution in [3.8, 4) is 0 Å². The third-order valence-corrected chi connectivity index (χ3v) is 1.24. The summed E-state index contributed by atoms with van der Waals surface area (Å²) in [5.41, 5.74) is 0. The summed E-state index contributed by atoms with van der Waals surface area (Å²) < 4.78 is 4.74. The van der Waals surface area contributed by atoms with Gasteiger partial charge in [0.15, 0.2) is 6.29 Å². The Hall–Kier alpha value is -0.120. The van der Waals surface area contributed by atoms with Gasteiger partial charge in [-0.3, -0.25) is 0 Å². The van der Waals surface area contributed by atoms with Crippen LogP contribution in [0.3, 0.4) is 0 Å². The highest BCUT2D eigenvalue weighted by Gasteiger charge is 2.17. The van der Waals surface area contributed by atoms with Crippen molar-refractivity contribution in [2.24, 2.45) is 0 Å². The van der Waals surface area contributed by atoms with Gasteiger partial charge in [-0.25, -0.2) is 0 Å². The molecule has 1 aliphatic rings. The van der Waals surface area contributed by atoms with Crippen molar-refractivity contribution in [1.29, 1.82) is 0 Å². The molecule has 1 fully saturated rings. The summed E-state index contributed by atoms with van der Waals surface area (Å²) in [5, 5.41) is 17.5. The van der Waals surface area contributed by atoms with Gasteiger partial charge in [0.05, 0.1) is 12.7 Å². The molecule has 0 unspecified atom stereocenters. The summed E-state index contributed by atoms with van der Waals surface area (Å²) in [7, 11) is 0. The van der Waals surface area contributed by atoms with Gasteiger partial charge in [-0.1, -0.05) is 0 Å². The molecule has 1 rings (SSSR count). The van der Waals surface area contributed by atoms with Crippen LogP contribution in [0.2, 0.25) is 0 Å². The normalized spacial score (nSPS) is 39.8. The average Bonchev–Trinajstić information content (AvgIpc) is 1.64. The minimum absolute atomic E-state index is 0.361. The average molecular weight is 118 g/mol. The molecule has 3 nitrogen and oxygen atoms in total. The topological polar surface area (TPSA) is 49.7 Å². The van der Waals surface area contributed by atoms with Crippen molar-refractivity contribution in [2.45, 2.75) is 25.2 Å².